The van der Waals surface area contributed by atoms with E-state index in [2.05, 4.69) is 17.4 Å². The molecule has 2 aromatic rings. The van der Waals surface area contributed by atoms with E-state index in [0.717, 1.165) is 35.8 Å². The van der Waals surface area contributed by atoms with Crippen molar-refractivity contribution in [1.29, 1.82) is 0 Å². The van der Waals surface area contributed by atoms with Crippen LogP contribution in [0.5, 0.6) is 0 Å². The van der Waals surface area contributed by atoms with E-state index in [1.165, 1.54) is 29.7 Å². The molecule has 0 fully saturated rings. The van der Waals surface area contributed by atoms with Gasteiger partial charge in [0, 0.05) is 12.1 Å². The Labute approximate surface area is 173 Å². The van der Waals surface area contributed by atoms with Crippen molar-refractivity contribution in [3.8, 4) is 0 Å². The van der Waals surface area contributed by atoms with Crippen LogP contribution in [0, 0.1) is 10.1 Å². The van der Waals surface area contributed by atoms with E-state index in [9.17, 15) is 24.5 Å². The quantitative estimate of drug-likeness (QED) is 0.466. The number of benzene rings is 2. The highest BCUT2D eigenvalue weighted by Gasteiger charge is 2.38. The maximum atomic E-state index is 12.5. The number of fused-ring (bicyclic) bond motifs is 2. The molecule has 154 valence electrons. The van der Waals surface area contributed by atoms with E-state index >= 15 is 0 Å². The lowest BCUT2D eigenvalue weighted by atomic mass is 9.89. The Morgan fingerprint density at radius 3 is 2.50 bits per heavy atom. The number of hydrogen-bond donors (Lipinski definition) is 1. The molecule has 4 rings (SSSR count). The average Bonchev–Trinajstić information content (AvgIpc) is 2.97. The van der Waals surface area contributed by atoms with Gasteiger partial charge in [-0.25, -0.2) is 0 Å². The monoisotopic (exact) mass is 407 g/mol. The Kier molecular flexibility index (Phi) is 5.07. The zero-order valence-corrected chi connectivity index (χ0v) is 16.5. The zero-order valence-electron chi connectivity index (χ0n) is 16.5. The van der Waals surface area contributed by atoms with Gasteiger partial charge in [-0.15, -0.1) is 0 Å². The summed E-state index contributed by atoms with van der Waals surface area (Å²) < 4.78 is 0. The van der Waals surface area contributed by atoms with Crippen molar-refractivity contribution in [1.82, 2.24) is 10.2 Å². The first-order chi connectivity index (χ1) is 14.3. The minimum absolute atomic E-state index is 0.0512. The average molecular weight is 407 g/mol. The summed E-state index contributed by atoms with van der Waals surface area (Å²) in [5.74, 6) is -1.79. The number of rotatable bonds is 5. The van der Waals surface area contributed by atoms with E-state index in [4.69, 9.17) is 0 Å². The molecule has 1 N–H and O–H groups in total. The maximum Gasteiger partial charge on any atom is 0.270 e. The molecule has 30 heavy (non-hydrogen) atoms. The molecule has 0 saturated heterocycles. The predicted molar refractivity (Wildman–Crippen MR) is 108 cm³/mol. The number of nitro benzene ring substituents is 1. The van der Waals surface area contributed by atoms with Crippen molar-refractivity contribution in [3.05, 3.63) is 74.3 Å². The van der Waals surface area contributed by atoms with Crippen LogP contribution in [0.3, 0.4) is 0 Å². The van der Waals surface area contributed by atoms with Gasteiger partial charge in [-0.2, -0.15) is 0 Å². The van der Waals surface area contributed by atoms with Gasteiger partial charge in [0.15, 0.2) is 0 Å². The fourth-order valence-electron chi connectivity index (χ4n) is 4.07. The van der Waals surface area contributed by atoms with Gasteiger partial charge in [0.05, 0.1) is 22.1 Å². The number of nitrogens with one attached hydrogen (secondary N) is 1. The van der Waals surface area contributed by atoms with Crippen molar-refractivity contribution in [3.63, 3.8) is 0 Å². The van der Waals surface area contributed by atoms with Crippen LogP contribution < -0.4 is 5.32 Å². The van der Waals surface area contributed by atoms with E-state index in [1.54, 1.807) is 0 Å². The SMILES string of the molecule is CC(NC(=O)CN1C(=O)c2ccc([N+](=O)[O-])cc2C1=O)c1ccc2c(c1)CCCC2. The van der Waals surface area contributed by atoms with Crippen LogP contribution in [-0.4, -0.2) is 34.1 Å². The first kappa shape index (κ1) is 19.8. The van der Waals surface area contributed by atoms with E-state index < -0.39 is 29.2 Å². The number of non-ortho nitro benzene ring substituents is 1. The second kappa shape index (κ2) is 7.70. The summed E-state index contributed by atoms with van der Waals surface area (Å²) in [5.41, 5.74) is 3.38. The third-order valence-electron chi connectivity index (χ3n) is 5.72. The van der Waals surface area contributed by atoms with Gasteiger partial charge in [-0.3, -0.25) is 29.4 Å². The lowest BCUT2D eigenvalue weighted by Gasteiger charge is -2.21. The molecule has 8 heteroatoms. The fraction of sp³-hybridized carbons (Fsp3) is 0.318. The third-order valence-corrected chi connectivity index (χ3v) is 5.72. The summed E-state index contributed by atoms with van der Waals surface area (Å²) in [6, 6.07) is 9.43. The lowest BCUT2D eigenvalue weighted by Crippen LogP contribution is -2.41. The lowest BCUT2D eigenvalue weighted by molar-refractivity contribution is -0.384. The Bertz CT molecular complexity index is 1080. The molecule has 3 amide bonds. The molecule has 8 nitrogen and oxygen atoms in total. The van der Waals surface area contributed by atoms with E-state index in [1.807, 2.05) is 13.0 Å². The van der Waals surface area contributed by atoms with Gasteiger partial charge >= 0.3 is 0 Å². The molecule has 2 aliphatic rings. The maximum absolute atomic E-state index is 12.5. The first-order valence-corrected chi connectivity index (χ1v) is 9.91. The van der Waals surface area contributed by atoms with Gasteiger partial charge in [0.25, 0.3) is 17.5 Å². The Balaban J connectivity index is 1.44. The second-order valence-corrected chi connectivity index (χ2v) is 7.71. The summed E-state index contributed by atoms with van der Waals surface area (Å²) in [6.07, 6.45) is 4.47. The molecule has 0 bridgehead atoms. The van der Waals surface area contributed by atoms with Gasteiger partial charge in [0.1, 0.15) is 6.54 Å². The molecule has 1 heterocycles. The number of imide groups is 1. The summed E-state index contributed by atoms with van der Waals surface area (Å²) >= 11 is 0. The minimum Gasteiger partial charge on any atom is -0.348 e. The van der Waals surface area contributed by atoms with Crippen LogP contribution in [0.15, 0.2) is 36.4 Å². The first-order valence-electron chi connectivity index (χ1n) is 9.91. The topological polar surface area (TPSA) is 110 Å². The summed E-state index contributed by atoms with van der Waals surface area (Å²) in [6.45, 7) is 1.42. The van der Waals surface area contributed by atoms with E-state index in [0.29, 0.717) is 0 Å². The molecule has 2 aromatic carbocycles. The van der Waals surface area contributed by atoms with Crippen LogP contribution >= 0.6 is 0 Å². The molecule has 1 atom stereocenters. The van der Waals surface area contributed by atoms with Crippen molar-refractivity contribution in [2.45, 2.75) is 38.6 Å². The van der Waals surface area contributed by atoms with Crippen LogP contribution in [0.4, 0.5) is 5.69 Å². The second-order valence-electron chi connectivity index (χ2n) is 7.71. The summed E-state index contributed by atoms with van der Waals surface area (Å²) in [4.78, 5) is 48.7. The molecule has 0 spiro atoms. The number of carbonyl (C=O) groups is 3. The largest absolute Gasteiger partial charge is 0.348 e. The van der Waals surface area contributed by atoms with Crippen LogP contribution in [-0.2, 0) is 17.6 Å². The number of aryl methyl sites for hydroxylation is 2. The highest BCUT2D eigenvalue weighted by atomic mass is 16.6. The Morgan fingerprint density at radius 1 is 1.07 bits per heavy atom. The molecule has 1 aliphatic carbocycles. The van der Waals surface area contributed by atoms with Crippen molar-refractivity contribution >= 4 is 23.4 Å². The van der Waals surface area contributed by atoms with Crippen LogP contribution in [0.2, 0.25) is 0 Å². The van der Waals surface area contributed by atoms with Gasteiger partial charge in [0.2, 0.25) is 5.91 Å². The standard InChI is InChI=1S/C22H21N3O5/c1-13(15-7-6-14-4-2-3-5-16(14)10-15)23-20(26)12-24-21(27)18-9-8-17(25(29)30)11-19(18)22(24)28/h6-11,13H,2-5,12H2,1H3,(H,23,26). The smallest absolute Gasteiger partial charge is 0.270 e. The van der Waals surface area contributed by atoms with Gasteiger partial charge in [-0.05, 0) is 55.4 Å². The number of hydrogen-bond acceptors (Lipinski definition) is 5. The number of nitro groups is 1. The van der Waals surface area contributed by atoms with Crippen LogP contribution in [0.25, 0.3) is 0 Å². The molecule has 0 radical (unpaired) electrons. The van der Waals surface area contributed by atoms with Crippen molar-refractivity contribution in [2.75, 3.05) is 6.54 Å². The van der Waals surface area contributed by atoms with Crippen molar-refractivity contribution in [2.24, 2.45) is 0 Å². The van der Waals surface area contributed by atoms with Crippen LogP contribution in [0.1, 0.15) is 63.2 Å². The highest BCUT2D eigenvalue weighted by Crippen LogP contribution is 2.27. The molecule has 0 saturated carbocycles. The fourth-order valence-corrected chi connectivity index (χ4v) is 4.07. The minimum atomic E-state index is -0.699. The molecular formula is C22H21N3O5. The highest BCUT2D eigenvalue weighted by molar-refractivity contribution is 6.22. The third kappa shape index (κ3) is 3.56. The number of amides is 3. The summed E-state index contributed by atoms with van der Waals surface area (Å²) in [7, 11) is 0. The summed E-state index contributed by atoms with van der Waals surface area (Å²) in [5, 5.41) is 13.8. The Hall–Kier alpha value is -3.55. The van der Waals surface area contributed by atoms with Gasteiger partial charge in [-0.1, -0.05) is 18.2 Å². The zero-order chi connectivity index (χ0) is 21.4. The van der Waals surface area contributed by atoms with E-state index in [-0.39, 0.29) is 22.9 Å². The number of nitrogens with zero attached hydrogens (tertiary/aromatic N) is 2. The molecule has 1 aliphatic heterocycles. The van der Waals surface area contributed by atoms with Gasteiger partial charge < -0.3 is 5.32 Å². The number of carbonyl (C=O) groups excluding carboxylic acids is 3. The Morgan fingerprint density at radius 2 is 1.77 bits per heavy atom. The molecule has 1 unspecified atom stereocenters. The predicted octanol–water partition coefficient (Wildman–Crippen LogP) is 2.95. The normalized spacial score (nSPS) is 16.1. The molecular weight excluding hydrogens is 386 g/mol. The van der Waals surface area contributed by atoms with Crippen molar-refractivity contribution < 1.29 is 19.3 Å². The molecule has 0 aromatic heterocycles.